The third-order valence-electron chi connectivity index (χ3n) is 5.49. The van der Waals surface area contributed by atoms with E-state index in [9.17, 15) is 22.8 Å². The summed E-state index contributed by atoms with van der Waals surface area (Å²) in [6.45, 7) is 1.84. The molecule has 10 heteroatoms. The largest absolute Gasteiger partial charge is 0.459 e. The summed E-state index contributed by atoms with van der Waals surface area (Å²) in [4.78, 5) is 37.4. The number of esters is 1. The van der Waals surface area contributed by atoms with Crippen LogP contribution in [-0.2, 0) is 42.3 Å². The van der Waals surface area contributed by atoms with Gasteiger partial charge in [0, 0.05) is 6.42 Å². The first-order chi connectivity index (χ1) is 18.2. The van der Waals surface area contributed by atoms with Crippen molar-refractivity contribution >= 4 is 28.0 Å². The van der Waals surface area contributed by atoms with Gasteiger partial charge in [-0.05, 0) is 43.0 Å². The zero-order valence-electron chi connectivity index (χ0n) is 21.0. The Morgan fingerprint density at radius 2 is 1.34 bits per heavy atom. The number of hydrogen-bond donors (Lipinski definition) is 2. The van der Waals surface area contributed by atoms with Crippen molar-refractivity contribution in [3.63, 3.8) is 0 Å². The predicted octanol–water partition coefficient (Wildman–Crippen LogP) is 4.01. The van der Waals surface area contributed by atoms with Gasteiger partial charge in [0.15, 0.2) is 0 Å². The number of rotatable bonds is 12. The van der Waals surface area contributed by atoms with E-state index in [1.807, 2.05) is 48.0 Å². The van der Waals surface area contributed by atoms with Crippen molar-refractivity contribution in [2.24, 2.45) is 0 Å². The molecule has 0 aliphatic heterocycles. The highest BCUT2D eigenvalue weighted by Crippen LogP contribution is 2.12. The molecule has 3 aromatic carbocycles. The quantitative estimate of drug-likeness (QED) is 0.334. The van der Waals surface area contributed by atoms with Crippen molar-refractivity contribution < 1.29 is 32.3 Å². The lowest BCUT2D eigenvalue weighted by Crippen LogP contribution is -2.42. The summed E-state index contributed by atoms with van der Waals surface area (Å²) in [5, 5.41) is 2.49. The van der Waals surface area contributed by atoms with E-state index in [0.29, 0.717) is 0 Å². The third-order valence-corrected chi connectivity index (χ3v) is 6.88. The maximum Gasteiger partial charge on any atom is 0.408 e. The molecule has 0 saturated carbocycles. The van der Waals surface area contributed by atoms with Crippen molar-refractivity contribution in [2.45, 2.75) is 50.3 Å². The van der Waals surface area contributed by atoms with E-state index < -0.39 is 34.0 Å². The Balaban J connectivity index is 1.55. The molecule has 2 N–H and O–H groups in total. The monoisotopic (exact) mass is 538 g/mol. The van der Waals surface area contributed by atoms with Gasteiger partial charge in [-0.25, -0.2) is 22.7 Å². The Kier molecular flexibility index (Phi) is 10.4. The molecule has 3 aromatic rings. The Labute approximate surface area is 222 Å². The van der Waals surface area contributed by atoms with Crippen molar-refractivity contribution in [2.75, 3.05) is 0 Å². The molecule has 9 nitrogen and oxygen atoms in total. The molecular formula is C28H30N2O7S. The molecule has 0 saturated heterocycles. The van der Waals surface area contributed by atoms with Crippen molar-refractivity contribution in [3.8, 4) is 0 Å². The Hall–Kier alpha value is -4.18. The Morgan fingerprint density at radius 1 is 0.789 bits per heavy atom. The first-order valence-corrected chi connectivity index (χ1v) is 13.5. The number of amides is 2. The van der Waals surface area contributed by atoms with Crippen molar-refractivity contribution in [1.82, 2.24) is 10.0 Å². The van der Waals surface area contributed by atoms with E-state index in [1.54, 1.807) is 36.4 Å². The summed E-state index contributed by atoms with van der Waals surface area (Å²) < 4.78 is 37.5. The maximum atomic E-state index is 12.8. The fraction of sp³-hybridized carbons (Fsp3) is 0.250. The Bertz CT molecular complexity index is 1310. The van der Waals surface area contributed by atoms with E-state index >= 15 is 0 Å². The molecule has 2 amide bonds. The SMILES string of the molecule is Cc1ccc(S(=O)(=O)NC(=O)CCCC(NC(=O)OCc2ccccc2)C(=O)OCc2ccccc2)cc1. The minimum atomic E-state index is -4.02. The number of carbonyl (C=O) groups is 3. The van der Waals surface area contributed by atoms with Crippen LogP contribution < -0.4 is 10.0 Å². The topological polar surface area (TPSA) is 128 Å². The van der Waals surface area contributed by atoms with Gasteiger partial charge in [-0.2, -0.15) is 0 Å². The van der Waals surface area contributed by atoms with Crippen LogP contribution in [-0.4, -0.2) is 32.4 Å². The summed E-state index contributed by atoms with van der Waals surface area (Å²) in [6.07, 6.45) is -0.860. The van der Waals surface area contributed by atoms with Gasteiger partial charge in [0.05, 0.1) is 4.90 Å². The minimum Gasteiger partial charge on any atom is -0.459 e. The molecule has 200 valence electrons. The first-order valence-electron chi connectivity index (χ1n) is 12.0. The molecule has 3 rings (SSSR count). The summed E-state index contributed by atoms with van der Waals surface area (Å²) in [7, 11) is -4.02. The highest BCUT2D eigenvalue weighted by molar-refractivity contribution is 7.90. The second-order valence-electron chi connectivity index (χ2n) is 8.59. The average Bonchev–Trinajstić information content (AvgIpc) is 2.91. The molecule has 0 aromatic heterocycles. The number of aryl methyl sites for hydroxylation is 1. The lowest BCUT2D eigenvalue weighted by atomic mass is 10.1. The zero-order valence-corrected chi connectivity index (χ0v) is 21.8. The van der Waals surface area contributed by atoms with Crippen LogP contribution in [0.5, 0.6) is 0 Å². The Morgan fingerprint density at radius 3 is 1.92 bits per heavy atom. The second-order valence-corrected chi connectivity index (χ2v) is 10.3. The molecule has 1 unspecified atom stereocenters. The van der Waals surface area contributed by atoms with Crippen LogP contribution in [0.4, 0.5) is 4.79 Å². The van der Waals surface area contributed by atoms with Crippen LogP contribution in [0, 0.1) is 6.92 Å². The average molecular weight is 539 g/mol. The van der Waals surface area contributed by atoms with Gasteiger partial charge in [-0.15, -0.1) is 0 Å². The smallest absolute Gasteiger partial charge is 0.408 e. The van der Waals surface area contributed by atoms with Gasteiger partial charge < -0.3 is 14.8 Å². The van der Waals surface area contributed by atoms with Crippen LogP contribution >= 0.6 is 0 Å². The summed E-state index contributed by atoms with van der Waals surface area (Å²) in [6, 6.07) is 23.1. The highest BCUT2D eigenvalue weighted by atomic mass is 32.2. The van der Waals surface area contributed by atoms with E-state index in [0.717, 1.165) is 16.7 Å². The van der Waals surface area contributed by atoms with Gasteiger partial charge >= 0.3 is 12.1 Å². The van der Waals surface area contributed by atoms with E-state index in [1.165, 1.54) is 12.1 Å². The van der Waals surface area contributed by atoms with Crippen LogP contribution in [0.3, 0.4) is 0 Å². The maximum absolute atomic E-state index is 12.8. The van der Waals surface area contributed by atoms with Crippen molar-refractivity contribution in [1.29, 1.82) is 0 Å². The van der Waals surface area contributed by atoms with Gasteiger partial charge in [0.1, 0.15) is 19.3 Å². The van der Waals surface area contributed by atoms with Gasteiger partial charge in [-0.1, -0.05) is 78.4 Å². The normalized spacial score (nSPS) is 11.7. The number of alkyl carbamates (subject to hydrolysis) is 1. The number of ether oxygens (including phenoxy) is 2. The van der Waals surface area contributed by atoms with Crippen LogP contribution in [0.25, 0.3) is 0 Å². The minimum absolute atomic E-state index is 0.00615. The van der Waals surface area contributed by atoms with E-state index in [4.69, 9.17) is 9.47 Å². The molecule has 0 spiro atoms. The van der Waals surface area contributed by atoms with E-state index in [-0.39, 0.29) is 37.4 Å². The number of benzene rings is 3. The van der Waals surface area contributed by atoms with Gasteiger partial charge in [0.2, 0.25) is 5.91 Å². The number of carbonyl (C=O) groups excluding carboxylic acids is 3. The predicted molar refractivity (Wildman–Crippen MR) is 140 cm³/mol. The molecule has 0 radical (unpaired) electrons. The molecule has 0 aliphatic rings. The van der Waals surface area contributed by atoms with Crippen molar-refractivity contribution in [3.05, 3.63) is 102 Å². The standard InChI is InChI=1S/C28H30N2O7S/c1-21-15-17-24(18-16-21)38(34,35)30-26(31)14-8-13-25(27(32)36-19-22-9-4-2-5-10-22)29-28(33)37-20-23-11-6-3-7-12-23/h2-7,9-12,15-18,25H,8,13-14,19-20H2,1H3,(H,29,33)(H,30,31). The molecule has 0 fully saturated rings. The summed E-state index contributed by atoms with van der Waals surface area (Å²) in [5.74, 6) is -1.42. The van der Waals surface area contributed by atoms with Crippen LogP contribution in [0.1, 0.15) is 36.0 Å². The molecular weight excluding hydrogens is 508 g/mol. The third kappa shape index (κ3) is 9.36. The molecule has 38 heavy (non-hydrogen) atoms. The lowest BCUT2D eigenvalue weighted by molar-refractivity contribution is -0.147. The zero-order chi connectivity index (χ0) is 27.4. The first kappa shape index (κ1) is 28.4. The van der Waals surface area contributed by atoms with E-state index in [2.05, 4.69) is 5.32 Å². The number of nitrogens with one attached hydrogen (secondary N) is 2. The summed E-state index contributed by atoms with van der Waals surface area (Å²) >= 11 is 0. The lowest BCUT2D eigenvalue weighted by Gasteiger charge is -2.18. The molecule has 0 bridgehead atoms. The number of hydrogen-bond acceptors (Lipinski definition) is 7. The fourth-order valence-electron chi connectivity index (χ4n) is 3.43. The number of sulfonamides is 1. The second kappa shape index (κ2) is 13.9. The van der Waals surface area contributed by atoms with Gasteiger partial charge in [-0.3, -0.25) is 4.79 Å². The summed E-state index contributed by atoms with van der Waals surface area (Å²) in [5.41, 5.74) is 2.43. The fourth-order valence-corrected chi connectivity index (χ4v) is 4.44. The van der Waals surface area contributed by atoms with Gasteiger partial charge in [0.25, 0.3) is 10.0 Å². The molecule has 1 atom stereocenters. The molecule has 0 heterocycles. The highest BCUT2D eigenvalue weighted by Gasteiger charge is 2.24. The molecule has 0 aliphatic carbocycles. The van der Waals surface area contributed by atoms with Crippen LogP contribution in [0.2, 0.25) is 0 Å². The van der Waals surface area contributed by atoms with Crippen LogP contribution in [0.15, 0.2) is 89.8 Å².